The third-order valence-corrected chi connectivity index (χ3v) is 8.56. The summed E-state index contributed by atoms with van der Waals surface area (Å²) < 4.78 is 33.6. The Hall–Kier alpha value is -3.49. The van der Waals surface area contributed by atoms with Gasteiger partial charge in [0, 0.05) is 13.0 Å². The van der Waals surface area contributed by atoms with Crippen molar-refractivity contribution < 1.29 is 22.7 Å². The zero-order chi connectivity index (χ0) is 28.2. The third-order valence-electron chi connectivity index (χ3n) is 6.64. The average Bonchev–Trinajstić information content (AvgIpc) is 3.40. The molecule has 2 atom stereocenters. The van der Waals surface area contributed by atoms with E-state index in [1.807, 2.05) is 61.5 Å². The zero-order valence-corrected chi connectivity index (χ0v) is 23.7. The van der Waals surface area contributed by atoms with Crippen LogP contribution in [0.1, 0.15) is 44.7 Å². The molecule has 3 aromatic carbocycles. The van der Waals surface area contributed by atoms with E-state index in [4.69, 9.17) is 4.74 Å². The minimum Gasteiger partial charge on any atom is -0.458 e. The molecule has 39 heavy (non-hydrogen) atoms. The van der Waals surface area contributed by atoms with Crippen molar-refractivity contribution in [3.8, 4) is 11.1 Å². The van der Waals surface area contributed by atoms with Crippen LogP contribution in [-0.2, 0) is 30.8 Å². The number of nitrogens with zero attached hydrogens (tertiary/aromatic N) is 1. The molecule has 1 aliphatic heterocycles. The van der Waals surface area contributed by atoms with E-state index in [1.54, 1.807) is 45.0 Å². The maximum Gasteiger partial charge on any atom is 0.329 e. The molecule has 1 saturated heterocycles. The van der Waals surface area contributed by atoms with Crippen molar-refractivity contribution in [3.63, 3.8) is 0 Å². The fourth-order valence-corrected chi connectivity index (χ4v) is 6.33. The standard InChI is InChI=1S/C31H36N2O5S/c1-22-12-18-26(19-13-22)39(36,37)33-20-8-11-28(33)29(34)32-27(30(35)38-31(2,3)4)21-23-14-16-25(17-15-23)24-9-6-5-7-10-24/h5-7,9-10,12-19,27-28H,8,11,20-21H2,1-4H3,(H,32,34)/t27-,28-/m0/s1. The SMILES string of the molecule is Cc1ccc(S(=O)(=O)N2CCC[C@H]2C(=O)N[C@@H](Cc2ccc(-c3ccccc3)cc2)C(=O)OC(C)(C)C)cc1. The van der Waals surface area contributed by atoms with Gasteiger partial charge in [0.25, 0.3) is 0 Å². The first-order valence-electron chi connectivity index (χ1n) is 13.2. The molecule has 0 radical (unpaired) electrons. The van der Waals surface area contributed by atoms with Crippen LogP contribution in [0.3, 0.4) is 0 Å². The molecule has 206 valence electrons. The number of ether oxygens (including phenoxy) is 1. The Bertz CT molecular complexity index is 1400. The Labute approximate surface area is 231 Å². The number of benzene rings is 3. The van der Waals surface area contributed by atoms with E-state index in [1.165, 1.54) is 4.31 Å². The number of amides is 1. The zero-order valence-electron chi connectivity index (χ0n) is 22.9. The van der Waals surface area contributed by atoms with Crippen LogP contribution in [0, 0.1) is 6.92 Å². The first kappa shape index (κ1) is 28.5. The number of carbonyl (C=O) groups is 2. The third kappa shape index (κ3) is 7.13. The van der Waals surface area contributed by atoms with Crippen LogP contribution >= 0.6 is 0 Å². The number of esters is 1. The molecule has 8 heteroatoms. The van der Waals surface area contributed by atoms with E-state index >= 15 is 0 Å². The smallest absolute Gasteiger partial charge is 0.329 e. The lowest BCUT2D eigenvalue weighted by Gasteiger charge is -2.28. The van der Waals surface area contributed by atoms with Gasteiger partial charge in [-0.1, -0.05) is 72.3 Å². The Kier molecular flexibility index (Phi) is 8.57. The highest BCUT2D eigenvalue weighted by atomic mass is 32.2. The number of hydrogen-bond acceptors (Lipinski definition) is 5. The largest absolute Gasteiger partial charge is 0.458 e. The Morgan fingerprint density at radius 2 is 1.56 bits per heavy atom. The van der Waals surface area contributed by atoms with Crippen LogP contribution in [0.2, 0.25) is 0 Å². The van der Waals surface area contributed by atoms with Crippen LogP contribution < -0.4 is 5.32 Å². The summed E-state index contributed by atoms with van der Waals surface area (Å²) in [7, 11) is -3.87. The molecule has 3 aromatic rings. The lowest BCUT2D eigenvalue weighted by Crippen LogP contribution is -2.52. The van der Waals surface area contributed by atoms with Gasteiger partial charge in [-0.3, -0.25) is 4.79 Å². The van der Waals surface area contributed by atoms with E-state index in [9.17, 15) is 18.0 Å². The highest BCUT2D eigenvalue weighted by molar-refractivity contribution is 7.89. The Morgan fingerprint density at radius 1 is 0.949 bits per heavy atom. The monoisotopic (exact) mass is 548 g/mol. The lowest BCUT2D eigenvalue weighted by molar-refractivity contribution is -0.158. The lowest BCUT2D eigenvalue weighted by atomic mass is 10.00. The molecule has 7 nitrogen and oxygen atoms in total. The summed E-state index contributed by atoms with van der Waals surface area (Å²) in [6, 6.07) is 22.5. The maximum atomic E-state index is 13.5. The van der Waals surface area contributed by atoms with Gasteiger partial charge in [-0.05, 0) is 69.4 Å². The second-order valence-electron chi connectivity index (χ2n) is 10.9. The predicted octanol–water partition coefficient (Wildman–Crippen LogP) is 4.88. The molecule has 0 aromatic heterocycles. The number of aryl methyl sites for hydroxylation is 1. The molecule has 1 fully saturated rings. The molecule has 1 N–H and O–H groups in total. The minimum absolute atomic E-state index is 0.148. The van der Waals surface area contributed by atoms with Gasteiger partial charge in [0.15, 0.2) is 0 Å². The number of rotatable bonds is 8. The van der Waals surface area contributed by atoms with Gasteiger partial charge in [0.2, 0.25) is 15.9 Å². The fourth-order valence-electron chi connectivity index (χ4n) is 4.67. The Morgan fingerprint density at radius 3 is 2.18 bits per heavy atom. The molecular weight excluding hydrogens is 512 g/mol. The predicted molar refractivity (Wildman–Crippen MR) is 151 cm³/mol. The van der Waals surface area contributed by atoms with E-state index in [0.717, 1.165) is 22.3 Å². The molecule has 0 aliphatic carbocycles. The van der Waals surface area contributed by atoms with E-state index in [2.05, 4.69) is 5.32 Å². The highest BCUT2D eigenvalue weighted by Crippen LogP contribution is 2.27. The van der Waals surface area contributed by atoms with E-state index in [0.29, 0.717) is 12.8 Å². The molecule has 1 heterocycles. The normalized spacial score (nSPS) is 17.0. The Balaban J connectivity index is 1.53. The van der Waals surface area contributed by atoms with Crippen LogP contribution in [0.4, 0.5) is 0 Å². The van der Waals surface area contributed by atoms with Crippen LogP contribution in [-0.4, -0.2) is 48.8 Å². The van der Waals surface area contributed by atoms with Crippen LogP contribution in [0.25, 0.3) is 11.1 Å². The maximum absolute atomic E-state index is 13.5. The van der Waals surface area contributed by atoms with Crippen molar-refractivity contribution in [1.29, 1.82) is 0 Å². The van der Waals surface area contributed by atoms with Gasteiger partial charge in [-0.15, -0.1) is 0 Å². The first-order chi connectivity index (χ1) is 18.4. The molecule has 0 bridgehead atoms. The second kappa shape index (κ2) is 11.7. The average molecular weight is 549 g/mol. The minimum atomic E-state index is -3.87. The molecular formula is C31H36N2O5S. The van der Waals surface area contributed by atoms with Gasteiger partial charge < -0.3 is 10.1 Å². The van der Waals surface area contributed by atoms with Gasteiger partial charge in [0.1, 0.15) is 17.7 Å². The van der Waals surface area contributed by atoms with Gasteiger partial charge in [-0.2, -0.15) is 4.31 Å². The number of carbonyl (C=O) groups excluding carboxylic acids is 2. The molecule has 1 amide bonds. The van der Waals surface area contributed by atoms with Crippen molar-refractivity contribution >= 4 is 21.9 Å². The van der Waals surface area contributed by atoms with Crippen molar-refractivity contribution in [2.45, 2.75) is 69.5 Å². The molecule has 0 spiro atoms. The molecule has 1 aliphatic rings. The van der Waals surface area contributed by atoms with Gasteiger partial charge >= 0.3 is 5.97 Å². The van der Waals surface area contributed by atoms with Crippen LogP contribution in [0.5, 0.6) is 0 Å². The number of hydrogen-bond donors (Lipinski definition) is 1. The number of nitrogens with one attached hydrogen (secondary N) is 1. The molecule has 0 saturated carbocycles. The van der Waals surface area contributed by atoms with Crippen molar-refractivity contribution in [2.24, 2.45) is 0 Å². The topological polar surface area (TPSA) is 92.8 Å². The van der Waals surface area contributed by atoms with Crippen molar-refractivity contribution in [1.82, 2.24) is 9.62 Å². The first-order valence-corrected chi connectivity index (χ1v) is 14.6. The second-order valence-corrected chi connectivity index (χ2v) is 12.8. The van der Waals surface area contributed by atoms with Crippen LogP contribution in [0.15, 0.2) is 83.8 Å². The summed E-state index contributed by atoms with van der Waals surface area (Å²) in [6.07, 6.45) is 1.15. The van der Waals surface area contributed by atoms with E-state index in [-0.39, 0.29) is 17.9 Å². The molecule has 0 unspecified atom stereocenters. The van der Waals surface area contributed by atoms with E-state index < -0.39 is 39.6 Å². The fraction of sp³-hybridized carbons (Fsp3) is 0.355. The summed E-state index contributed by atoms with van der Waals surface area (Å²) in [6.45, 7) is 7.43. The summed E-state index contributed by atoms with van der Waals surface area (Å²) in [5, 5.41) is 2.82. The van der Waals surface area contributed by atoms with Gasteiger partial charge in [0.05, 0.1) is 4.90 Å². The van der Waals surface area contributed by atoms with Crippen molar-refractivity contribution in [2.75, 3.05) is 6.54 Å². The summed E-state index contributed by atoms with van der Waals surface area (Å²) in [5.41, 5.74) is 3.17. The summed E-state index contributed by atoms with van der Waals surface area (Å²) in [4.78, 5) is 26.8. The number of sulfonamides is 1. The highest BCUT2D eigenvalue weighted by Gasteiger charge is 2.41. The quantitative estimate of drug-likeness (QED) is 0.405. The van der Waals surface area contributed by atoms with Gasteiger partial charge in [-0.25, -0.2) is 13.2 Å². The summed E-state index contributed by atoms with van der Waals surface area (Å²) in [5.74, 6) is -1.06. The van der Waals surface area contributed by atoms with Crippen molar-refractivity contribution in [3.05, 3.63) is 90.0 Å². The summed E-state index contributed by atoms with van der Waals surface area (Å²) >= 11 is 0. The molecule has 4 rings (SSSR count).